The van der Waals surface area contributed by atoms with Crippen LogP contribution in [0.2, 0.25) is 0 Å². The maximum Gasteiger partial charge on any atom is 0.262 e. The number of para-hydroxylation sites is 1. The van der Waals surface area contributed by atoms with Gasteiger partial charge in [0.2, 0.25) is 4.73 Å². The highest BCUT2D eigenvalue weighted by Crippen LogP contribution is 2.33. The zero-order valence-electron chi connectivity index (χ0n) is 14.4. The topological polar surface area (TPSA) is 69.0 Å². The van der Waals surface area contributed by atoms with Gasteiger partial charge in [0, 0.05) is 11.4 Å². The van der Waals surface area contributed by atoms with Crippen molar-refractivity contribution in [2.45, 2.75) is 23.5 Å². The number of rotatable bonds is 7. The zero-order valence-corrected chi connectivity index (χ0v) is 16.8. The molecule has 0 saturated heterocycles. The second-order valence-electron chi connectivity index (χ2n) is 5.37. The Balaban J connectivity index is 1.66. The molecule has 0 saturated carbocycles. The highest BCUT2D eigenvalue weighted by molar-refractivity contribution is 9.10. The molecule has 6 nitrogen and oxygen atoms in total. The van der Waals surface area contributed by atoms with E-state index in [0.29, 0.717) is 27.9 Å². The summed E-state index contributed by atoms with van der Waals surface area (Å²) < 4.78 is 20.6. The van der Waals surface area contributed by atoms with Crippen LogP contribution in [-0.2, 0) is 11.3 Å². The van der Waals surface area contributed by atoms with Crippen LogP contribution in [0.5, 0.6) is 5.75 Å². The van der Waals surface area contributed by atoms with E-state index in [0.717, 1.165) is 4.90 Å². The molecule has 0 aliphatic rings. The Kier molecular flexibility index (Phi) is 6.46. The van der Waals surface area contributed by atoms with Gasteiger partial charge in [0.05, 0.1) is 5.69 Å². The number of nitrogens with one attached hydrogen (secondary N) is 1. The zero-order chi connectivity index (χ0) is 19.2. The summed E-state index contributed by atoms with van der Waals surface area (Å²) in [5, 5.41) is 7.80. The summed E-state index contributed by atoms with van der Waals surface area (Å²) in [5.74, 6) is -0.245. The van der Waals surface area contributed by atoms with Gasteiger partial charge in [-0.25, -0.2) is 9.07 Å². The van der Waals surface area contributed by atoms with Gasteiger partial charge in [-0.15, -0.1) is 5.10 Å². The van der Waals surface area contributed by atoms with Crippen molar-refractivity contribution in [2.75, 3.05) is 11.9 Å². The first-order valence-electron chi connectivity index (χ1n) is 8.10. The highest BCUT2D eigenvalue weighted by atomic mass is 79.9. The van der Waals surface area contributed by atoms with Crippen LogP contribution in [0.1, 0.15) is 6.92 Å². The summed E-state index contributed by atoms with van der Waals surface area (Å²) in [4.78, 5) is 17.4. The van der Waals surface area contributed by atoms with Gasteiger partial charge in [0.15, 0.2) is 11.8 Å². The maximum atomic E-state index is 12.9. The van der Waals surface area contributed by atoms with E-state index in [1.54, 1.807) is 10.7 Å². The second-order valence-corrected chi connectivity index (χ2v) is 7.09. The largest absolute Gasteiger partial charge is 0.484 e. The number of ether oxygens (including phenoxy) is 1. The molecule has 2 aromatic carbocycles. The molecule has 140 valence electrons. The van der Waals surface area contributed by atoms with Crippen molar-refractivity contribution in [3.63, 3.8) is 0 Å². The summed E-state index contributed by atoms with van der Waals surface area (Å²) in [6.45, 7) is 2.48. The molecule has 1 heterocycles. The first kappa shape index (κ1) is 19.4. The minimum Gasteiger partial charge on any atom is -0.484 e. The summed E-state index contributed by atoms with van der Waals surface area (Å²) >= 11 is 4.68. The Morgan fingerprint density at radius 2 is 2.00 bits per heavy atom. The minimum atomic E-state index is -0.357. The van der Waals surface area contributed by atoms with Crippen LogP contribution in [-0.4, -0.2) is 27.3 Å². The highest BCUT2D eigenvalue weighted by Gasteiger charge is 2.13. The predicted molar refractivity (Wildman–Crippen MR) is 104 cm³/mol. The first-order chi connectivity index (χ1) is 13.0. The summed E-state index contributed by atoms with van der Waals surface area (Å²) in [7, 11) is 0. The Hall–Kier alpha value is -2.39. The Labute approximate surface area is 168 Å². The number of carbonyl (C=O) groups excluding carboxylic acids is 1. The van der Waals surface area contributed by atoms with E-state index in [1.807, 2.05) is 25.1 Å². The van der Waals surface area contributed by atoms with E-state index in [9.17, 15) is 9.18 Å². The molecule has 9 heteroatoms. The van der Waals surface area contributed by atoms with Crippen LogP contribution in [0.4, 0.5) is 10.1 Å². The van der Waals surface area contributed by atoms with Gasteiger partial charge < -0.3 is 10.1 Å². The molecule has 0 radical (unpaired) electrons. The van der Waals surface area contributed by atoms with Crippen molar-refractivity contribution in [3.8, 4) is 5.75 Å². The average molecular weight is 451 g/mol. The second kappa shape index (κ2) is 9.01. The molecule has 0 spiro atoms. The van der Waals surface area contributed by atoms with Gasteiger partial charge >= 0.3 is 0 Å². The van der Waals surface area contributed by atoms with Crippen LogP contribution in [0.15, 0.2) is 63.3 Å². The quantitative estimate of drug-likeness (QED) is 0.578. The van der Waals surface area contributed by atoms with Gasteiger partial charge in [-0.1, -0.05) is 12.1 Å². The van der Waals surface area contributed by atoms with E-state index >= 15 is 0 Å². The Morgan fingerprint density at radius 1 is 1.26 bits per heavy atom. The van der Waals surface area contributed by atoms with Gasteiger partial charge in [-0.3, -0.25) is 4.79 Å². The molecule has 1 amide bonds. The van der Waals surface area contributed by atoms with Crippen LogP contribution in [0, 0.1) is 5.82 Å². The number of halogens is 2. The number of nitrogens with zero attached hydrogens (tertiary/aromatic N) is 3. The molecule has 27 heavy (non-hydrogen) atoms. The number of hydrogen-bond acceptors (Lipinski definition) is 5. The number of amides is 1. The Bertz CT molecular complexity index is 933. The molecule has 0 bridgehead atoms. The van der Waals surface area contributed by atoms with E-state index in [1.165, 1.54) is 36.0 Å². The number of carbonyl (C=O) groups is 1. The van der Waals surface area contributed by atoms with Gasteiger partial charge in [-0.05, 0) is 71.0 Å². The van der Waals surface area contributed by atoms with E-state index < -0.39 is 0 Å². The molecule has 0 aliphatic heterocycles. The fraction of sp³-hybridized carbons (Fsp3) is 0.167. The van der Waals surface area contributed by atoms with Crippen molar-refractivity contribution in [2.24, 2.45) is 0 Å². The summed E-state index contributed by atoms with van der Waals surface area (Å²) in [5.41, 5.74) is 0.650. The lowest BCUT2D eigenvalue weighted by atomic mass is 10.3. The van der Waals surface area contributed by atoms with Gasteiger partial charge in [0.25, 0.3) is 5.91 Å². The molecule has 0 unspecified atom stereocenters. The lowest BCUT2D eigenvalue weighted by molar-refractivity contribution is -0.118. The normalized spacial score (nSPS) is 10.6. The van der Waals surface area contributed by atoms with Crippen molar-refractivity contribution in [1.82, 2.24) is 14.8 Å². The lowest BCUT2D eigenvalue weighted by Crippen LogP contribution is -2.20. The molecular weight excluding hydrogens is 435 g/mol. The third-order valence-electron chi connectivity index (χ3n) is 3.46. The molecule has 0 atom stereocenters. The predicted octanol–water partition coefficient (Wildman–Crippen LogP) is 4.37. The lowest BCUT2D eigenvalue weighted by Gasteiger charge is -2.11. The summed E-state index contributed by atoms with van der Waals surface area (Å²) in [6.07, 6.45) is 0. The number of aryl methyl sites for hydroxylation is 1. The molecule has 1 aromatic heterocycles. The maximum absolute atomic E-state index is 12.9. The molecular formula is C18H16BrFN4O2S. The minimum absolute atomic E-state index is 0.179. The molecule has 3 aromatic rings. The third-order valence-corrected chi connectivity index (χ3v) is 4.85. The summed E-state index contributed by atoms with van der Waals surface area (Å²) in [6, 6.07) is 12.9. The van der Waals surface area contributed by atoms with E-state index in [-0.39, 0.29) is 18.3 Å². The van der Waals surface area contributed by atoms with Crippen LogP contribution >= 0.6 is 27.7 Å². The first-order valence-corrected chi connectivity index (χ1v) is 9.71. The Morgan fingerprint density at radius 3 is 2.74 bits per heavy atom. The van der Waals surface area contributed by atoms with Crippen LogP contribution < -0.4 is 10.1 Å². The third kappa shape index (κ3) is 5.30. The number of anilines is 1. The standard InChI is InChI=1S/C18H16BrFN4O2S/c1-2-24-18(22-17(19)23-24)27-15-6-4-3-5-14(15)21-16(25)11-26-13-9-7-12(20)8-10-13/h3-10H,2,11H2,1H3,(H,21,25). The SMILES string of the molecule is CCn1nc(Br)nc1Sc1ccccc1NC(=O)COc1ccc(F)cc1. The van der Waals surface area contributed by atoms with Gasteiger partial charge in [0.1, 0.15) is 11.6 Å². The molecule has 0 aliphatic carbocycles. The van der Waals surface area contributed by atoms with Crippen LogP contribution in [0.3, 0.4) is 0 Å². The van der Waals surface area contributed by atoms with E-state index in [2.05, 4.69) is 31.3 Å². The molecule has 3 rings (SSSR count). The monoisotopic (exact) mass is 450 g/mol. The number of aromatic nitrogens is 3. The van der Waals surface area contributed by atoms with E-state index in [4.69, 9.17) is 4.74 Å². The number of benzene rings is 2. The molecule has 0 fully saturated rings. The smallest absolute Gasteiger partial charge is 0.262 e. The fourth-order valence-electron chi connectivity index (χ4n) is 2.21. The number of hydrogen-bond donors (Lipinski definition) is 1. The van der Waals surface area contributed by atoms with Crippen molar-refractivity contribution in [3.05, 3.63) is 59.1 Å². The average Bonchev–Trinajstić information content (AvgIpc) is 3.02. The van der Waals surface area contributed by atoms with Crippen molar-refractivity contribution < 1.29 is 13.9 Å². The van der Waals surface area contributed by atoms with Gasteiger partial charge in [-0.2, -0.15) is 4.98 Å². The van der Waals surface area contributed by atoms with Crippen molar-refractivity contribution >= 4 is 39.3 Å². The fourth-order valence-corrected chi connectivity index (χ4v) is 3.66. The van der Waals surface area contributed by atoms with Crippen molar-refractivity contribution in [1.29, 1.82) is 0 Å². The van der Waals surface area contributed by atoms with Crippen LogP contribution in [0.25, 0.3) is 0 Å². The molecule has 1 N–H and O–H groups in total.